The van der Waals surface area contributed by atoms with Crippen LogP contribution in [0.1, 0.15) is 32.8 Å². The highest BCUT2D eigenvalue weighted by Gasteiger charge is 2.09. The van der Waals surface area contributed by atoms with Crippen molar-refractivity contribution >= 4 is 11.9 Å². The van der Waals surface area contributed by atoms with Crippen LogP contribution in [0.15, 0.2) is 48.7 Å². The molecule has 0 spiro atoms. The summed E-state index contributed by atoms with van der Waals surface area (Å²) in [4.78, 5) is 26.4. The smallest absolute Gasteiger partial charge is 0.354 e. The van der Waals surface area contributed by atoms with E-state index in [0.29, 0.717) is 12.1 Å². The summed E-state index contributed by atoms with van der Waals surface area (Å²) >= 11 is 0. The van der Waals surface area contributed by atoms with Gasteiger partial charge in [0.2, 0.25) is 0 Å². The standard InChI is InChI=1S/C16H16N2O3/c19-15(13-8-10-17-14(11-13)16(20)21)18-9-4-7-12-5-2-1-3-6-12/h1-3,5-6,8,10-11H,4,7,9H2,(H,18,19)(H,20,21). The molecule has 5 nitrogen and oxygen atoms in total. The quantitative estimate of drug-likeness (QED) is 0.796. The van der Waals surface area contributed by atoms with Gasteiger partial charge < -0.3 is 10.4 Å². The average Bonchev–Trinajstić information content (AvgIpc) is 2.52. The summed E-state index contributed by atoms with van der Waals surface area (Å²) in [5.41, 5.74) is 1.40. The lowest BCUT2D eigenvalue weighted by atomic mass is 10.1. The number of hydrogen-bond donors (Lipinski definition) is 2. The first-order valence-electron chi connectivity index (χ1n) is 6.68. The molecule has 108 valence electrons. The van der Waals surface area contributed by atoms with E-state index in [-0.39, 0.29) is 11.6 Å². The predicted octanol–water partition coefficient (Wildman–Crippen LogP) is 2.14. The van der Waals surface area contributed by atoms with E-state index in [2.05, 4.69) is 10.3 Å². The molecule has 0 unspecified atom stereocenters. The molecule has 0 radical (unpaired) electrons. The SMILES string of the molecule is O=C(NCCCc1ccccc1)c1ccnc(C(=O)O)c1. The fourth-order valence-corrected chi connectivity index (χ4v) is 1.93. The van der Waals surface area contributed by atoms with Gasteiger partial charge in [-0.15, -0.1) is 0 Å². The number of benzene rings is 1. The van der Waals surface area contributed by atoms with Gasteiger partial charge in [0.25, 0.3) is 5.91 Å². The summed E-state index contributed by atoms with van der Waals surface area (Å²) in [7, 11) is 0. The van der Waals surface area contributed by atoms with Crippen LogP contribution in [0.5, 0.6) is 0 Å². The zero-order valence-electron chi connectivity index (χ0n) is 11.5. The normalized spacial score (nSPS) is 10.1. The van der Waals surface area contributed by atoms with Crippen LogP contribution >= 0.6 is 0 Å². The Bertz CT molecular complexity index is 626. The Morgan fingerprint density at radius 3 is 2.62 bits per heavy atom. The Balaban J connectivity index is 1.82. The molecule has 0 aliphatic heterocycles. The van der Waals surface area contributed by atoms with E-state index in [1.165, 1.54) is 23.9 Å². The number of hydrogen-bond acceptors (Lipinski definition) is 3. The summed E-state index contributed by atoms with van der Waals surface area (Å²) in [6, 6.07) is 12.8. The molecule has 0 saturated heterocycles. The molecular weight excluding hydrogens is 268 g/mol. The molecule has 0 aliphatic carbocycles. The Morgan fingerprint density at radius 1 is 1.14 bits per heavy atom. The van der Waals surface area contributed by atoms with Gasteiger partial charge in [0.15, 0.2) is 0 Å². The van der Waals surface area contributed by atoms with Crippen molar-refractivity contribution in [3.8, 4) is 0 Å². The van der Waals surface area contributed by atoms with Crippen LogP contribution in [0.3, 0.4) is 0 Å². The van der Waals surface area contributed by atoms with Gasteiger partial charge in [0.1, 0.15) is 5.69 Å². The molecule has 1 aromatic heterocycles. The number of carboxylic acid groups (broad SMARTS) is 1. The molecule has 2 aromatic rings. The number of rotatable bonds is 6. The van der Waals surface area contributed by atoms with Gasteiger partial charge in [-0.25, -0.2) is 9.78 Å². The van der Waals surface area contributed by atoms with Crippen molar-refractivity contribution in [2.75, 3.05) is 6.54 Å². The maximum Gasteiger partial charge on any atom is 0.354 e. The van der Waals surface area contributed by atoms with E-state index < -0.39 is 5.97 Å². The molecule has 21 heavy (non-hydrogen) atoms. The number of carboxylic acids is 1. The number of carbonyl (C=O) groups is 2. The Labute approximate surface area is 122 Å². The zero-order valence-corrected chi connectivity index (χ0v) is 11.5. The number of aromatic nitrogens is 1. The second-order valence-corrected chi connectivity index (χ2v) is 4.58. The molecule has 1 aromatic carbocycles. The molecule has 0 atom stereocenters. The average molecular weight is 284 g/mol. The zero-order chi connectivity index (χ0) is 15.1. The third-order valence-electron chi connectivity index (χ3n) is 3.01. The maximum absolute atomic E-state index is 11.9. The van der Waals surface area contributed by atoms with Crippen molar-refractivity contribution in [3.63, 3.8) is 0 Å². The Kier molecular flexibility index (Phi) is 5.04. The summed E-state index contributed by atoms with van der Waals surface area (Å²) < 4.78 is 0. The fourth-order valence-electron chi connectivity index (χ4n) is 1.93. The lowest BCUT2D eigenvalue weighted by Gasteiger charge is -2.06. The molecule has 0 saturated carbocycles. The number of nitrogens with zero attached hydrogens (tertiary/aromatic N) is 1. The van der Waals surface area contributed by atoms with Crippen LogP contribution in [-0.4, -0.2) is 28.5 Å². The molecule has 0 aliphatic rings. The Morgan fingerprint density at radius 2 is 1.90 bits per heavy atom. The van der Waals surface area contributed by atoms with Crippen molar-refractivity contribution in [2.45, 2.75) is 12.8 Å². The molecule has 5 heteroatoms. The number of aryl methyl sites for hydroxylation is 1. The van der Waals surface area contributed by atoms with Gasteiger partial charge in [-0.2, -0.15) is 0 Å². The number of carbonyl (C=O) groups excluding carboxylic acids is 1. The highest BCUT2D eigenvalue weighted by molar-refractivity contribution is 5.96. The minimum Gasteiger partial charge on any atom is -0.477 e. The molecule has 2 N–H and O–H groups in total. The molecule has 0 bridgehead atoms. The van der Waals surface area contributed by atoms with Crippen LogP contribution in [-0.2, 0) is 6.42 Å². The molecule has 2 rings (SSSR count). The number of aromatic carboxylic acids is 1. The van der Waals surface area contributed by atoms with Gasteiger partial charge in [0, 0.05) is 18.3 Å². The van der Waals surface area contributed by atoms with Crippen molar-refractivity contribution in [1.82, 2.24) is 10.3 Å². The first-order chi connectivity index (χ1) is 10.2. The van der Waals surface area contributed by atoms with Crippen LogP contribution < -0.4 is 5.32 Å². The lowest BCUT2D eigenvalue weighted by molar-refractivity contribution is 0.0690. The molecular formula is C16H16N2O3. The first-order valence-corrected chi connectivity index (χ1v) is 6.68. The van der Waals surface area contributed by atoms with Gasteiger partial charge in [0.05, 0.1) is 0 Å². The van der Waals surface area contributed by atoms with Crippen molar-refractivity contribution in [3.05, 3.63) is 65.5 Å². The monoisotopic (exact) mass is 284 g/mol. The van der Waals surface area contributed by atoms with E-state index in [1.54, 1.807) is 0 Å². The highest BCUT2D eigenvalue weighted by Crippen LogP contribution is 2.04. The van der Waals surface area contributed by atoms with Gasteiger partial charge in [-0.1, -0.05) is 30.3 Å². The van der Waals surface area contributed by atoms with Crippen molar-refractivity contribution < 1.29 is 14.7 Å². The summed E-state index contributed by atoms with van der Waals surface area (Å²) in [5.74, 6) is -1.43. The second-order valence-electron chi connectivity index (χ2n) is 4.58. The number of amides is 1. The maximum atomic E-state index is 11.9. The van der Waals surface area contributed by atoms with Gasteiger partial charge in [-0.05, 0) is 30.5 Å². The summed E-state index contributed by atoms with van der Waals surface area (Å²) in [5, 5.41) is 11.6. The van der Waals surface area contributed by atoms with E-state index in [9.17, 15) is 9.59 Å². The lowest BCUT2D eigenvalue weighted by Crippen LogP contribution is -2.25. The largest absolute Gasteiger partial charge is 0.477 e. The minimum atomic E-state index is -1.14. The van der Waals surface area contributed by atoms with Crippen molar-refractivity contribution in [1.29, 1.82) is 0 Å². The first kappa shape index (κ1) is 14.7. The van der Waals surface area contributed by atoms with Crippen LogP contribution in [0.25, 0.3) is 0 Å². The van der Waals surface area contributed by atoms with E-state index in [1.807, 2.05) is 30.3 Å². The van der Waals surface area contributed by atoms with Gasteiger partial charge in [-0.3, -0.25) is 4.79 Å². The molecule has 0 fully saturated rings. The number of pyridine rings is 1. The van der Waals surface area contributed by atoms with Crippen LogP contribution in [0.2, 0.25) is 0 Å². The fraction of sp³-hybridized carbons (Fsp3) is 0.188. The van der Waals surface area contributed by atoms with Crippen LogP contribution in [0, 0.1) is 0 Å². The van der Waals surface area contributed by atoms with E-state index >= 15 is 0 Å². The summed E-state index contributed by atoms with van der Waals surface area (Å²) in [6.45, 7) is 0.540. The third kappa shape index (κ3) is 4.42. The Hall–Kier alpha value is -2.69. The summed E-state index contributed by atoms with van der Waals surface area (Å²) in [6.07, 6.45) is 3.03. The molecule has 1 heterocycles. The predicted molar refractivity (Wildman–Crippen MR) is 78.3 cm³/mol. The number of nitrogens with one attached hydrogen (secondary N) is 1. The third-order valence-corrected chi connectivity index (χ3v) is 3.01. The van der Waals surface area contributed by atoms with Crippen molar-refractivity contribution in [2.24, 2.45) is 0 Å². The topological polar surface area (TPSA) is 79.3 Å². The molecule has 1 amide bonds. The second kappa shape index (κ2) is 7.19. The highest BCUT2D eigenvalue weighted by atomic mass is 16.4. The van der Waals surface area contributed by atoms with Crippen LogP contribution in [0.4, 0.5) is 0 Å². The van der Waals surface area contributed by atoms with E-state index in [0.717, 1.165) is 12.8 Å². The van der Waals surface area contributed by atoms with E-state index in [4.69, 9.17) is 5.11 Å². The minimum absolute atomic E-state index is 0.132. The van der Waals surface area contributed by atoms with Gasteiger partial charge >= 0.3 is 5.97 Å².